The van der Waals surface area contributed by atoms with Gasteiger partial charge < -0.3 is 0 Å². The van der Waals surface area contributed by atoms with Gasteiger partial charge in [0.25, 0.3) is 0 Å². The molecule has 1 heterocycles. The fourth-order valence-corrected chi connectivity index (χ4v) is 0.846. The number of rotatable bonds is 1. The maximum Gasteiger partial charge on any atom is 0.187 e. The summed E-state index contributed by atoms with van der Waals surface area (Å²) in [6.07, 6.45) is 5.30. The van der Waals surface area contributed by atoms with E-state index in [2.05, 4.69) is 22.6 Å². The summed E-state index contributed by atoms with van der Waals surface area (Å²) < 4.78 is 0. The van der Waals surface area contributed by atoms with Crippen molar-refractivity contribution in [2.45, 2.75) is 10.1 Å². The highest BCUT2D eigenvalue weighted by Crippen LogP contribution is 2.08. The van der Waals surface area contributed by atoms with E-state index in [1.807, 2.05) is 6.26 Å². The summed E-state index contributed by atoms with van der Waals surface area (Å²) in [5, 5.41) is 0.785. The predicted molar refractivity (Wildman–Crippen MR) is 41.1 cm³/mol. The molecule has 0 atom stereocenters. The Morgan fingerprint density at radius 1 is 1.44 bits per heavy atom. The molecule has 1 aromatic heterocycles. The van der Waals surface area contributed by atoms with Gasteiger partial charge in [-0.05, 0) is 6.26 Å². The second-order valence-corrected chi connectivity index (χ2v) is 2.72. The van der Waals surface area contributed by atoms with Gasteiger partial charge in [0.1, 0.15) is 0 Å². The topological polar surface area (TPSA) is 25.8 Å². The van der Waals surface area contributed by atoms with E-state index in [0.29, 0.717) is 0 Å². The second-order valence-electron chi connectivity index (χ2n) is 1.43. The van der Waals surface area contributed by atoms with Crippen LogP contribution < -0.4 is 0 Å². The molecule has 9 heavy (non-hydrogen) atoms. The van der Waals surface area contributed by atoms with Gasteiger partial charge in [0.2, 0.25) is 0 Å². The lowest BCUT2D eigenvalue weighted by Crippen LogP contribution is -1.82. The molecule has 2 nitrogen and oxygen atoms in total. The predicted octanol–water partition coefficient (Wildman–Crippen LogP) is 1.49. The molecule has 0 fully saturated rings. The van der Waals surface area contributed by atoms with Crippen LogP contribution in [0.5, 0.6) is 0 Å². The van der Waals surface area contributed by atoms with Crippen molar-refractivity contribution in [1.29, 1.82) is 0 Å². The lowest BCUT2D eigenvalue weighted by Gasteiger charge is -1.91. The molecule has 1 aromatic rings. The summed E-state index contributed by atoms with van der Waals surface area (Å²) >= 11 is 5.56. The van der Waals surface area contributed by atoms with Gasteiger partial charge in [0.15, 0.2) is 5.16 Å². The van der Waals surface area contributed by atoms with Gasteiger partial charge in [-0.25, -0.2) is 9.97 Å². The Hall–Kier alpha value is -0.220. The molecule has 0 aliphatic rings. The van der Waals surface area contributed by atoms with E-state index in [-0.39, 0.29) is 0 Å². The smallest absolute Gasteiger partial charge is 0.187 e. The first-order valence-corrected chi connectivity index (χ1v) is 4.05. The molecular formula is C5H6N2S2. The molecule has 0 bridgehead atoms. The first-order valence-electron chi connectivity index (χ1n) is 2.38. The van der Waals surface area contributed by atoms with E-state index >= 15 is 0 Å². The van der Waals surface area contributed by atoms with Crippen LogP contribution in [0.15, 0.2) is 22.4 Å². The number of aromatic nitrogens is 2. The summed E-state index contributed by atoms with van der Waals surface area (Å²) in [5.74, 6) is 0. The lowest BCUT2D eigenvalue weighted by atomic mass is 10.7. The first kappa shape index (κ1) is 6.89. The van der Waals surface area contributed by atoms with Gasteiger partial charge in [0, 0.05) is 17.3 Å². The molecular weight excluding hydrogens is 152 g/mol. The molecule has 0 N–H and O–H groups in total. The van der Waals surface area contributed by atoms with Gasteiger partial charge in [-0.1, -0.05) is 11.8 Å². The quantitative estimate of drug-likeness (QED) is 0.381. The molecule has 0 saturated heterocycles. The van der Waals surface area contributed by atoms with Gasteiger partial charge in [0.05, 0.1) is 0 Å². The Kier molecular flexibility index (Phi) is 2.36. The maximum absolute atomic E-state index is 4.04. The zero-order chi connectivity index (χ0) is 6.69. The van der Waals surface area contributed by atoms with E-state index in [4.69, 9.17) is 0 Å². The Balaban J connectivity index is 2.88. The van der Waals surface area contributed by atoms with Crippen LogP contribution in [0.1, 0.15) is 0 Å². The maximum atomic E-state index is 4.04. The van der Waals surface area contributed by atoms with Crippen molar-refractivity contribution in [3.8, 4) is 0 Å². The minimum Gasteiger partial charge on any atom is -0.230 e. The second kappa shape index (κ2) is 3.08. The lowest BCUT2D eigenvalue weighted by molar-refractivity contribution is 0.934. The molecule has 4 heteroatoms. The van der Waals surface area contributed by atoms with Crippen molar-refractivity contribution in [2.24, 2.45) is 0 Å². The molecule has 0 unspecified atom stereocenters. The van der Waals surface area contributed by atoms with Crippen LogP contribution in [0.4, 0.5) is 0 Å². The average Bonchev–Trinajstić information content (AvgIpc) is 1.90. The summed E-state index contributed by atoms with van der Waals surface area (Å²) in [6, 6.07) is 0. The fraction of sp³-hybridized carbons (Fsp3) is 0.200. The first-order chi connectivity index (χ1) is 4.33. The molecule has 48 valence electrons. The highest BCUT2D eigenvalue weighted by atomic mass is 32.2. The zero-order valence-corrected chi connectivity index (χ0v) is 6.62. The molecule has 0 spiro atoms. The summed E-state index contributed by atoms with van der Waals surface area (Å²) in [5.41, 5.74) is 0. The van der Waals surface area contributed by atoms with Crippen LogP contribution in [0.2, 0.25) is 0 Å². The van der Waals surface area contributed by atoms with Crippen molar-refractivity contribution in [1.82, 2.24) is 9.97 Å². The summed E-state index contributed by atoms with van der Waals surface area (Å²) in [4.78, 5) is 8.74. The van der Waals surface area contributed by atoms with E-state index in [1.54, 1.807) is 12.4 Å². The van der Waals surface area contributed by atoms with E-state index in [0.717, 1.165) is 10.1 Å². The van der Waals surface area contributed by atoms with Gasteiger partial charge >= 0.3 is 0 Å². The minimum atomic E-state index is 0.785. The molecule has 0 radical (unpaired) electrons. The Morgan fingerprint density at radius 3 is 2.44 bits per heavy atom. The SMILES string of the molecule is CSc1ncc(S)cn1. The molecule has 0 aromatic carbocycles. The van der Waals surface area contributed by atoms with Crippen LogP contribution in [0, 0.1) is 0 Å². The van der Waals surface area contributed by atoms with Crippen LogP contribution in [-0.4, -0.2) is 16.2 Å². The molecule has 1 rings (SSSR count). The van der Waals surface area contributed by atoms with Crippen LogP contribution in [0.25, 0.3) is 0 Å². The molecule has 0 saturated carbocycles. The number of hydrogen-bond donors (Lipinski definition) is 1. The monoisotopic (exact) mass is 158 g/mol. The summed E-state index contributed by atoms with van der Waals surface area (Å²) in [7, 11) is 0. The van der Waals surface area contributed by atoms with Gasteiger partial charge in [-0.2, -0.15) is 0 Å². The number of thioether (sulfide) groups is 1. The van der Waals surface area contributed by atoms with Gasteiger partial charge in [-0.15, -0.1) is 12.6 Å². The van der Waals surface area contributed by atoms with Crippen LogP contribution >= 0.6 is 24.4 Å². The van der Waals surface area contributed by atoms with Crippen molar-refractivity contribution < 1.29 is 0 Å². The van der Waals surface area contributed by atoms with Crippen LogP contribution in [0.3, 0.4) is 0 Å². The third kappa shape index (κ3) is 1.87. The summed E-state index contributed by atoms with van der Waals surface area (Å²) in [6.45, 7) is 0. The van der Waals surface area contributed by atoms with Crippen molar-refractivity contribution in [2.75, 3.05) is 6.26 Å². The Labute approximate surface area is 63.5 Å². The molecule has 0 aliphatic carbocycles. The largest absolute Gasteiger partial charge is 0.230 e. The standard InChI is InChI=1S/C5H6N2S2/c1-9-5-6-2-4(8)3-7-5/h2-3,8H,1H3. The third-order valence-corrected chi connectivity index (χ3v) is 1.60. The van der Waals surface area contributed by atoms with E-state index in [1.165, 1.54) is 11.8 Å². The normalized spacial score (nSPS) is 9.56. The highest BCUT2D eigenvalue weighted by molar-refractivity contribution is 7.98. The van der Waals surface area contributed by atoms with Gasteiger partial charge in [-0.3, -0.25) is 0 Å². The molecule has 0 amide bonds. The highest BCUT2D eigenvalue weighted by Gasteiger charge is 1.89. The van der Waals surface area contributed by atoms with Crippen molar-refractivity contribution >= 4 is 24.4 Å². The van der Waals surface area contributed by atoms with Crippen molar-refractivity contribution in [3.63, 3.8) is 0 Å². The van der Waals surface area contributed by atoms with Crippen molar-refractivity contribution in [3.05, 3.63) is 12.4 Å². The fourth-order valence-electron chi connectivity index (χ4n) is 0.415. The minimum absolute atomic E-state index is 0.785. The number of hydrogen-bond acceptors (Lipinski definition) is 4. The third-order valence-electron chi connectivity index (χ3n) is 0.797. The zero-order valence-electron chi connectivity index (χ0n) is 4.90. The molecule has 0 aliphatic heterocycles. The number of thiol groups is 1. The van der Waals surface area contributed by atoms with E-state index < -0.39 is 0 Å². The Morgan fingerprint density at radius 2 is 2.00 bits per heavy atom. The number of nitrogens with zero attached hydrogens (tertiary/aromatic N) is 2. The van der Waals surface area contributed by atoms with Crippen LogP contribution in [-0.2, 0) is 0 Å². The Bertz CT molecular complexity index is 185. The van der Waals surface area contributed by atoms with E-state index in [9.17, 15) is 0 Å². The average molecular weight is 158 g/mol.